The summed E-state index contributed by atoms with van der Waals surface area (Å²) in [6.45, 7) is 12.7. The van der Waals surface area contributed by atoms with Crippen molar-refractivity contribution in [3.63, 3.8) is 0 Å². The van der Waals surface area contributed by atoms with Crippen molar-refractivity contribution in [3.05, 3.63) is 28.8 Å². The van der Waals surface area contributed by atoms with E-state index in [0.717, 1.165) is 36.8 Å². The third-order valence-corrected chi connectivity index (χ3v) is 4.14. The molecular weight excluding hydrogens is 288 g/mol. The van der Waals surface area contributed by atoms with Crippen LogP contribution in [0.25, 0.3) is 0 Å². The van der Waals surface area contributed by atoms with Crippen molar-refractivity contribution in [2.45, 2.75) is 84.5 Å². The predicted molar refractivity (Wildman–Crippen MR) is 95.3 cm³/mol. The van der Waals surface area contributed by atoms with Crippen LogP contribution in [-0.2, 0) is 22.0 Å². The van der Waals surface area contributed by atoms with Crippen LogP contribution in [0.1, 0.15) is 83.9 Å². The molecule has 0 atom stereocenters. The summed E-state index contributed by atoms with van der Waals surface area (Å²) in [6.07, 6.45) is 3.79. The molecular formula is C20H32O3. The van der Waals surface area contributed by atoms with E-state index in [4.69, 9.17) is 5.11 Å². The van der Waals surface area contributed by atoms with Gasteiger partial charge >= 0.3 is 5.97 Å². The van der Waals surface area contributed by atoms with E-state index in [1.54, 1.807) is 0 Å². The molecule has 1 rings (SSSR count). The molecule has 2 N–H and O–H groups in total. The second-order valence-corrected chi connectivity index (χ2v) is 8.49. The van der Waals surface area contributed by atoms with Gasteiger partial charge in [-0.05, 0) is 46.8 Å². The summed E-state index contributed by atoms with van der Waals surface area (Å²) >= 11 is 0. The molecule has 0 aliphatic heterocycles. The van der Waals surface area contributed by atoms with Gasteiger partial charge in [-0.15, -0.1) is 0 Å². The van der Waals surface area contributed by atoms with Crippen molar-refractivity contribution in [1.82, 2.24) is 0 Å². The number of carboxylic acid groups (broad SMARTS) is 1. The number of aliphatic carboxylic acids is 1. The number of hydrogen-bond donors (Lipinski definition) is 2. The van der Waals surface area contributed by atoms with Crippen molar-refractivity contribution < 1.29 is 15.0 Å². The van der Waals surface area contributed by atoms with E-state index in [2.05, 4.69) is 53.7 Å². The third kappa shape index (κ3) is 5.89. The van der Waals surface area contributed by atoms with E-state index in [-0.39, 0.29) is 17.3 Å². The van der Waals surface area contributed by atoms with E-state index in [1.165, 1.54) is 5.56 Å². The van der Waals surface area contributed by atoms with Gasteiger partial charge < -0.3 is 10.2 Å². The van der Waals surface area contributed by atoms with Crippen LogP contribution in [-0.4, -0.2) is 16.2 Å². The molecule has 1 aromatic rings. The topological polar surface area (TPSA) is 57.5 Å². The van der Waals surface area contributed by atoms with E-state index in [0.29, 0.717) is 5.75 Å². The standard InChI is InChI=1S/C20H32O3/c1-19(2,3)15-12-14(10-8-7-9-11-17(21)22)13-16(18(15)23)20(4,5)6/h12-13,23H,7-11H2,1-6H3,(H,21,22). The summed E-state index contributed by atoms with van der Waals surface area (Å²) in [5, 5.41) is 19.4. The summed E-state index contributed by atoms with van der Waals surface area (Å²) in [6, 6.07) is 4.23. The van der Waals surface area contributed by atoms with E-state index < -0.39 is 5.97 Å². The molecule has 0 saturated carbocycles. The fourth-order valence-corrected chi connectivity index (χ4v) is 2.76. The van der Waals surface area contributed by atoms with Gasteiger partial charge in [0.25, 0.3) is 0 Å². The SMILES string of the molecule is CC(C)(C)c1cc(CCCCCC(=O)O)cc(C(C)(C)C)c1O. The number of carbonyl (C=O) groups is 1. The third-order valence-electron chi connectivity index (χ3n) is 4.14. The second-order valence-electron chi connectivity index (χ2n) is 8.49. The van der Waals surface area contributed by atoms with Gasteiger partial charge in [-0.2, -0.15) is 0 Å². The maximum atomic E-state index is 10.7. The maximum absolute atomic E-state index is 10.7. The Bertz CT molecular complexity index is 510. The van der Waals surface area contributed by atoms with Crippen LogP contribution in [0.3, 0.4) is 0 Å². The highest BCUT2D eigenvalue weighted by Crippen LogP contribution is 2.40. The molecule has 1 aromatic carbocycles. The molecule has 0 aromatic heterocycles. The van der Waals surface area contributed by atoms with Crippen molar-refractivity contribution in [2.24, 2.45) is 0 Å². The monoisotopic (exact) mass is 320 g/mol. The van der Waals surface area contributed by atoms with Crippen molar-refractivity contribution in [2.75, 3.05) is 0 Å². The fraction of sp³-hybridized carbons (Fsp3) is 0.650. The predicted octanol–water partition coefficient (Wildman–Crippen LogP) is 5.17. The van der Waals surface area contributed by atoms with Crippen LogP contribution in [0.4, 0.5) is 0 Å². The molecule has 0 heterocycles. The largest absolute Gasteiger partial charge is 0.507 e. The second kappa shape index (κ2) is 7.37. The molecule has 0 spiro atoms. The Morgan fingerprint density at radius 1 is 0.913 bits per heavy atom. The van der Waals surface area contributed by atoms with Crippen LogP contribution in [0, 0.1) is 0 Å². The average Bonchev–Trinajstić information content (AvgIpc) is 2.36. The number of benzene rings is 1. The normalized spacial score (nSPS) is 12.4. The van der Waals surface area contributed by atoms with Gasteiger partial charge in [-0.3, -0.25) is 4.79 Å². The zero-order valence-electron chi connectivity index (χ0n) is 15.5. The van der Waals surface area contributed by atoms with Gasteiger partial charge in [0.1, 0.15) is 5.75 Å². The molecule has 0 fully saturated rings. The van der Waals surface area contributed by atoms with Crippen LogP contribution >= 0.6 is 0 Å². The lowest BCUT2D eigenvalue weighted by atomic mass is 9.78. The summed E-state index contributed by atoms with van der Waals surface area (Å²) < 4.78 is 0. The number of rotatable bonds is 6. The number of unbranched alkanes of at least 4 members (excludes halogenated alkanes) is 2. The molecule has 0 unspecified atom stereocenters. The first kappa shape index (κ1) is 19.5. The number of carboxylic acids is 1. The zero-order chi connectivity index (χ0) is 17.8. The molecule has 3 heteroatoms. The van der Waals surface area contributed by atoms with Crippen LogP contribution in [0.2, 0.25) is 0 Å². The minimum atomic E-state index is -0.723. The molecule has 0 bridgehead atoms. The van der Waals surface area contributed by atoms with Gasteiger partial charge in [-0.1, -0.05) is 60.1 Å². The highest BCUT2D eigenvalue weighted by atomic mass is 16.4. The van der Waals surface area contributed by atoms with Gasteiger partial charge in [0, 0.05) is 6.42 Å². The maximum Gasteiger partial charge on any atom is 0.303 e. The van der Waals surface area contributed by atoms with Crippen LogP contribution in [0.5, 0.6) is 5.75 Å². The first-order valence-corrected chi connectivity index (χ1v) is 8.51. The molecule has 0 aliphatic rings. The Kier molecular flexibility index (Phi) is 6.26. The Hall–Kier alpha value is -1.51. The summed E-state index contributed by atoms with van der Waals surface area (Å²) in [7, 11) is 0. The lowest BCUT2D eigenvalue weighted by Gasteiger charge is -2.28. The van der Waals surface area contributed by atoms with Gasteiger partial charge in [0.2, 0.25) is 0 Å². The number of aryl methyl sites for hydroxylation is 1. The number of hydrogen-bond acceptors (Lipinski definition) is 2. The van der Waals surface area contributed by atoms with Gasteiger partial charge in [0.15, 0.2) is 0 Å². The molecule has 130 valence electrons. The molecule has 3 nitrogen and oxygen atoms in total. The summed E-state index contributed by atoms with van der Waals surface area (Å²) in [5.41, 5.74) is 3.00. The molecule has 0 saturated heterocycles. The van der Waals surface area contributed by atoms with Crippen molar-refractivity contribution in [3.8, 4) is 5.75 Å². The Morgan fingerprint density at radius 3 is 1.78 bits per heavy atom. The first-order valence-electron chi connectivity index (χ1n) is 8.51. The van der Waals surface area contributed by atoms with Crippen LogP contribution < -0.4 is 0 Å². The average molecular weight is 320 g/mol. The smallest absolute Gasteiger partial charge is 0.303 e. The van der Waals surface area contributed by atoms with Gasteiger partial charge in [0.05, 0.1) is 0 Å². The van der Waals surface area contributed by atoms with Crippen LogP contribution in [0.15, 0.2) is 12.1 Å². The minimum Gasteiger partial charge on any atom is -0.507 e. The molecule has 23 heavy (non-hydrogen) atoms. The Labute approximate surface area is 140 Å². The molecule has 0 radical (unpaired) electrons. The summed E-state index contributed by atoms with van der Waals surface area (Å²) in [5.74, 6) is -0.306. The summed E-state index contributed by atoms with van der Waals surface area (Å²) in [4.78, 5) is 10.6. The van der Waals surface area contributed by atoms with E-state index >= 15 is 0 Å². The van der Waals surface area contributed by atoms with Crippen molar-refractivity contribution in [1.29, 1.82) is 0 Å². The lowest BCUT2D eigenvalue weighted by molar-refractivity contribution is -0.137. The molecule has 0 aliphatic carbocycles. The Morgan fingerprint density at radius 2 is 1.39 bits per heavy atom. The highest BCUT2D eigenvalue weighted by Gasteiger charge is 2.26. The minimum absolute atomic E-state index is 0.108. The first-order chi connectivity index (χ1) is 10.4. The van der Waals surface area contributed by atoms with E-state index in [9.17, 15) is 9.90 Å². The molecule has 0 amide bonds. The Balaban J connectivity index is 2.98. The zero-order valence-corrected chi connectivity index (χ0v) is 15.5. The van der Waals surface area contributed by atoms with E-state index in [1.807, 2.05) is 0 Å². The number of aromatic hydroxyl groups is 1. The van der Waals surface area contributed by atoms with Crippen molar-refractivity contribution >= 4 is 5.97 Å². The quantitative estimate of drug-likeness (QED) is 0.710. The number of phenols is 1. The van der Waals surface area contributed by atoms with Gasteiger partial charge in [-0.25, -0.2) is 0 Å². The number of phenolic OH excluding ortho intramolecular Hbond substituents is 1. The highest BCUT2D eigenvalue weighted by molar-refractivity contribution is 5.66. The lowest BCUT2D eigenvalue weighted by Crippen LogP contribution is -2.18. The fourth-order valence-electron chi connectivity index (χ4n) is 2.76.